The number of nitrogens with zero attached hydrogens (tertiary/aromatic N) is 1. The second kappa shape index (κ2) is 5.60. The van der Waals surface area contributed by atoms with Crippen LogP contribution in [0.2, 0.25) is 0 Å². The highest BCUT2D eigenvalue weighted by molar-refractivity contribution is 5.73. The Morgan fingerprint density at radius 2 is 2.00 bits per heavy atom. The van der Waals surface area contributed by atoms with Crippen molar-refractivity contribution in [1.82, 2.24) is 4.90 Å². The Bertz CT molecular complexity index is 303. The fourth-order valence-corrected chi connectivity index (χ4v) is 3.98. The van der Waals surface area contributed by atoms with E-state index in [1.165, 1.54) is 19.3 Å². The number of hydrogen-bond donors (Lipinski definition) is 1. The summed E-state index contributed by atoms with van der Waals surface area (Å²) in [4.78, 5) is 13.7. The third kappa shape index (κ3) is 2.71. The summed E-state index contributed by atoms with van der Waals surface area (Å²) in [7, 11) is 0. The number of carbonyl (C=O) groups is 1. The summed E-state index contributed by atoms with van der Waals surface area (Å²) in [6, 6.07) is 0.277. The summed E-state index contributed by atoms with van der Waals surface area (Å²) in [6.07, 6.45) is 5.65. The van der Waals surface area contributed by atoms with Gasteiger partial charge in [0.1, 0.15) is 6.04 Å². The molecule has 1 aliphatic heterocycles. The molecule has 0 amide bonds. The van der Waals surface area contributed by atoms with Gasteiger partial charge in [0.15, 0.2) is 0 Å². The molecule has 3 heteroatoms. The van der Waals surface area contributed by atoms with E-state index in [-0.39, 0.29) is 6.04 Å². The maximum absolute atomic E-state index is 11.4. The predicted octanol–water partition coefficient (Wildman–Crippen LogP) is 3.00. The molecule has 0 spiro atoms. The lowest BCUT2D eigenvalue weighted by atomic mass is 9.73. The second-order valence-electron chi connectivity index (χ2n) is 6.63. The normalized spacial score (nSPS) is 38.2. The molecular weight excluding hydrogens is 226 g/mol. The summed E-state index contributed by atoms with van der Waals surface area (Å²) in [5.41, 5.74) is 0. The zero-order valence-electron chi connectivity index (χ0n) is 11.9. The van der Waals surface area contributed by atoms with Crippen LogP contribution in [0.5, 0.6) is 0 Å². The molecule has 1 heterocycles. The molecule has 104 valence electrons. The van der Waals surface area contributed by atoms with E-state index in [0.29, 0.717) is 17.9 Å². The number of hydrogen-bond acceptors (Lipinski definition) is 2. The topological polar surface area (TPSA) is 40.5 Å². The van der Waals surface area contributed by atoms with Crippen LogP contribution >= 0.6 is 0 Å². The maximum Gasteiger partial charge on any atom is 0.320 e. The molecule has 18 heavy (non-hydrogen) atoms. The molecule has 0 aromatic heterocycles. The van der Waals surface area contributed by atoms with Crippen molar-refractivity contribution < 1.29 is 9.90 Å². The minimum Gasteiger partial charge on any atom is -0.480 e. The first-order valence-electron chi connectivity index (χ1n) is 7.49. The molecule has 2 rings (SSSR count). The predicted molar refractivity (Wildman–Crippen MR) is 72.5 cm³/mol. The van der Waals surface area contributed by atoms with Crippen molar-refractivity contribution in [3.63, 3.8) is 0 Å². The molecule has 0 aromatic carbocycles. The van der Waals surface area contributed by atoms with Crippen LogP contribution in [0.25, 0.3) is 0 Å². The van der Waals surface area contributed by atoms with E-state index in [9.17, 15) is 9.90 Å². The minimum atomic E-state index is -0.617. The monoisotopic (exact) mass is 253 g/mol. The van der Waals surface area contributed by atoms with E-state index in [1.807, 2.05) is 0 Å². The van der Waals surface area contributed by atoms with Crippen molar-refractivity contribution in [3.05, 3.63) is 0 Å². The lowest BCUT2D eigenvalue weighted by molar-refractivity contribution is -0.144. The zero-order valence-corrected chi connectivity index (χ0v) is 11.9. The first-order chi connectivity index (χ1) is 8.50. The van der Waals surface area contributed by atoms with Crippen molar-refractivity contribution >= 4 is 5.97 Å². The van der Waals surface area contributed by atoms with Gasteiger partial charge in [-0.05, 0) is 50.0 Å². The van der Waals surface area contributed by atoms with Crippen LogP contribution in [-0.4, -0.2) is 34.6 Å². The molecule has 3 nitrogen and oxygen atoms in total. The van der Waals surface area contributed by atoms with E-state index in [4.69, 9.17) is 0 Å². The molecule has 1 saturated carbocycles. The zero-order chi connectivity index (χ0) is 13.3. The molecule has 0 aromatic rings. The fourth-order valence-electron chi connectivity index (χ4n) is 3.98. The molecule has 1 N–H and O–H groups in total. The SMILES string of the molecule is CC1CCC(C(C)C)C(N2CCCC2C(=O)O)C1. The van der Waals surface area contributed by atoms with Gasteiger partial charge in [-0.2, -0.15) is 0 Å². The molecule has 2 fully saturated rings. The van der Waals surface area contributed by atoms with Crippen LogP contribution in [-0.2, 0) is 4.79 Å². The number of rotatable bonds is 3. The molecule has 2 aliphatic rings. The van der Waals surface area contributed by atoms with E-state index in [0.717, 1.165) is 25.3 Å². The van der Waals surface area contributed by atoms with Gasteiger partial charge >= 0.3 is 5.97 Å². The van der Waals surface area contributed by atoms with Crippen LogP contribution in [0.15, 0.2) is 0 Å². The van der Waals surface area contributed by atoms with Crippen LogP contribution in [0.1, 0.15) is 52.9 Å². The van der Waals surface area contributed by atoms with Crippen LogP contribution in [0, 0.1) is 17.8 Å². The Morgan fingerprint density at radius 3 is 2.61 bits per heavy atom. The van der Waals surface area contributed by atoms with Gasteiger partial charge in [0.05, 0.1) is 0 Å². The smallest absolute Gasteiger partial charge is 0.320 e. The van der Waals surface area contributed by atoms with Crippen molar-refractivity contribution in [2.45, 2.75) is 65.0 Å². The third-order valence-corrected chi connectivity index (χ3v) is 4.99. The van der Waals surface area contributed by atoms with Gasteiger partial charge in [0.25, 0.3) is 0 Å². The molecule has 4 unspecified atom stereocenters. The second-order valence-corrected chi connectivity index (χ2v) is 6.63. The summed E-state index contributed by atoms with van der Waals surface area (Å²) in [5.74, 6) is 1.48. The molecule has 1 saturated heterocycles. The maximum atomic E-state index is 11.4. The van der Waals surface area contributed by atoms with Gasteiger partial charge in [0.2, 0.25) is 0 Å². The minimum absolute atomic E-state index is 0.221. The van der Waals surface area contributed by atoms with Gasteiger partial charge in [-0.3, -0.25) is 9.69 Å². The van der Waals surface area contributed by atoms with E-state index in [1.54, 1.807) is 0 Å². The number of carboxylic acid groups (broad SMARTS) is 1. The Labute approximate surface area is 111 Å². The summed E-state index contributed by atoms with van der Waals surface area (Å²) in [6.45, 7) is 7.88. The summed E-state index contributed by atoms with van der Waals surface area (Å²) < 4.78 is 0. The lowest BCUT2D eigenvalue weighted by Gasteiger charge is -2.43. The van der Waals surface area contributed by atoms with Crippen LogP contribution < -0.4 is 0 Å². The van der Waals surface area contributed by atoms with Gasteiger partial charge in [0, 0.05) is 6.04 Å². The average Bonchev–Trinajstić information content (AvgIpc) is 2.77. The molecule has 1 aliphatic carbocycles. The van der Waals surface area contributed by atoms with Crippen molar-refractivity contribution in [2.24, 2.45) is 17.8 Å². The van der Waals surface area contributed by atoms with Gasteiger partial charge in [-0.25, -0.2) is 0 Å². The number of likely N-dealkylation sites (tertiary alicyclic amines) is 1. The third-order valence-electron chi connectivity index (χ3n) is 4.99. The first kappa shape index (κ1) is 13.9. The molecule has 0 radical (unpaired) electrons. The van der Waals surface area contributed by atoms with Crippen LogP contribution in [0.3, 0.4) is 0 Å². The van der Waals surface area contributed by atoms with Gasteiger partial charge in [-0.1, -0.05) is 27.2 Å². The van der Waals surface area contributed by atoms with Crippen molar-refractivity contribution in [2.75, 3.05) is 6.54 Å². The van der Waals surface area contributed by atoms with Gasteiger partial charge < -0.3 is 5.11 Å². The summed E-state index contributed by atoms with van der Waals surface area (Å²) in [5, 5.41) is 9.36. The highest BCUT2D eigenvalue weighted by Crippen LogP contribution is 2.39. The number of aliphatic carboxylic acids is 1. The highest BCUT2D eigenvalue weighted by Gasteiger charge is 2.41. The Hall–Kier alpha value is -0.570. The summed E-state index contributed by atoms with van der Waals surface area (Å²) >= 11 is 0. The Balaban J connectivity index is 2.14. The first-order valence-corrected chi connectivity index (χ1v) is 7.49. The molecule has 0 bridgehead atoms. The van der Waals surface area contributed by atoms with Gasteiger partial charge in [-0.15, -0.1) is 0 Å². The van der Waals surface area contributed by atoms with Crippen LogP contribution in [0.4, 0.5) is 0 Å². The van der Waals surface area contributed by atoms with Crippen molar-refractivity contribution in [3.8, 4) is 0 Å². The molecular formula is C15H27NO2. The lowest BCUT2D eigenvalue weighted by Crippen LogP contribution is -2.50. The van der Waals surface area contributed by atoms with Crippen molar-refractivity contribution in [1.29, 1.82) is 0 Å². The van der Waals surface area contributed by atoms with E-state index >= 15 is 0 Å². The van der Waals surface area contributed by atoms with E-state index in [2.05, 4.69) is 25.7 Å². The average molecular weight is 253 g/mol. The standard InChI is InChI=1S/C15H27NO2/c1-10(2)12-7-6-11(3)9-14(12)16-8-4-5-13(16)15(17)18/h10-14H,4-9H2,1-3H3,(H,17,18). The number of carboxylic acids is 1. The largest absolute Gasteiger partial charge is 0.480 e. The fraction of sp³-hybridized carbons (Fsp3) is 0.933. The quantitative estimate of drug-likeness (QED) is 0.840. The Kier molecular flexibility index (Phi) is 4.31. The molecule has 4 atom stereocenters. The highest BCUT2D eigenvalue weighted by atomic mass is 16.4. The Morgan fingerprint density at radius 1 is 1.28 bits per heavy atom. The van der Waals surface area contributed by atoms with E-state index < -0.39 is 5.97 Å².